The summed E-state index contributed by atoms with van der Waals surface area (Å²) in [6.07, 6.45) is 0. The number of benzene rings is 1. The van der Waals surface area contributed by atoms with Crippen LogP contribution < -0.4 is 16.0 Å². The van der Waals surface area contributed by atoms with Gasteiger partial charge in [0.05, 0.1) is 0 Å². The summed E-state index contributed by atoms with van der Waals surface area (Å²) in [4.78, 5) is 2.27. The fourth-order valence-electron chi connectivity index (χ4n) is 2.37. The third kappa shape index (κ3) is 1.52. The Kier molecular flexibility index (Phi) is 2.40. The van der Waals surface area contributed by atoms with Crippen LogP contribution in [0.15, 0.2) is 17.2 Å². The van der Waals surface area contributed by atoms with E-state index in [-0.39, 0.29) is 5.96 Å². The molecule has 0 radical (unpaired) electrons. The monoisotopic (exact) mass is 249 g/mol. The Morgan fingerprint density at radius 1 is 1.22 bits per heavy atom. The Balaban J connectivity index is 2.06. The lowest BCUT2D eigenvalue weighted by Gasteiger charge is -2.27. The number of anilines is 2. The minimum atomic E-state index is -0.157. The molecule has 2 aliphatic rings. The summed E-state index contributed by atoms with van der Waals surface area (Å²) in [5, 5.41) is 24.7. The molecule has 0 aliphatic carbocycles. The Hall–Kier alpha value is -1.83. The van der Waals surface area contributed by atoms with Crippen LogP contribution in [0.4, 0.5) is 11.4 Å². The molecule has 2 heterocycles. The van der Waals surface area contributed by atoms with Crippen molar-refractivity contribution in [2.24, 2.45) is 10.8 Å². The lowest BCUT2D eigenvalue weighted by Crippen LogP contribution is -2.40. The van der Waals surface area contributed by atoms with E-state index in [0.29, 0.717) is 16.5 Å². The number of guanidine groups is 1. The first kappa shape index (κ1) is 11.3. The number of hydroxylamine groups is 1. The van der Waals surface area contributed by atoms with Crippen molar-refractivity contribution in [3.63, 3.8) is 0 Å². The largest absolute Gasteiger partial charge is 0.366 e. The van der Waals surface area contributed by atoms with E-state index in [4.69, 9.17) is 5.73 Å². The van der Waals surface area contributed by atoms with Crippen molar-refractivity contribution in [2.75, 3.05) is 16.8 Å². The number of hydrogen-bond donors (Lipinski definition) is 3. The van der Waals surface area contributed by atoms with Gasteiger partial charge in [-0.25, -0.2) is 0 Å². The van der Waals surface area contributed by atoms with Crippen LogP contribution >= 0.6 is 0 Å². The third-order valence-corrected chi connectivity index (χ3v) is 3.39. The summed E-state index contributed by atoms with van der Waals surface area (Å²) < 4.78 is 0. The van der Waals surface area contributed by atoms with Crippen molar-refractivity contribution in [3.05, 3.63) is 23.3 Å². The van der Waals surface area contributed by atoms with E-state index in [2.05, 4.69) is 16.9 Å². The van der Waals surface area contributed by atoms with Gasteiger partial charge in [-0.15, -0.1) is 10.3 Å². The SMILES string of the molecule is CCN1Cc2cc3c(cc2C1)N(O)C(N)=NN3O. The molecule has 96 valence electrons. The molecule has 0 fully saturated rings. The molecule has 2 aliphatic heterocycles. The Morgan fingerprint density at radius 3 is 2.44 bits per heavy atom. The predicted octanol–water partition coefficient (Wildman–Crippen LogP) is 0.657. The average Bonchev–Trinajstić information content (AvgIpc) is 2.76. The first-order valence-corrected chi connectivity index (χ1v) is 5.80. The van der Waals surface area contributed by atoms with Crippen LogP contribution in [0, 0.1) is 0 Å². The second-order valence-electron chi connectivity index (χ2n) is 4.47. The van der Waals surface area contributed by atoms with Crippen LogP contribution in [0.2, 0.25) is 0 Å². The molecule has 18 heavy (non-hydrogen) atoms. The number of fused-ring (bicyclic) bond motifs is 2. The molecule has 0 atom stereocenters. The van der Waals surface area contributed by atoms with Crippen molar-refractivity contribution < 1.29 is 10.4 Å². The maximum atomic E-state index is 9.83. The van der Waals surface area contributed by atoms with Gasteiger partial charge in [0.1, 0.15) is 11.4 Å². The number of hydrogen-bond acceptors (Lipinski definition) is 7. The standard InChI is InChI=1S/C11H15N5O2/c1-2-14-5-7-3-9-10(4-8(7)6-14)16(18)13-11(12)15(9)17/h3-4,17-18H,2,5-6H2,1H3,(H2,12,13). The number of nitrogens with two attached hydrogens (primary N) is 1. The maximum Gasteiger partial charge on any atom is 0.245 e. The van der Waals surface area contributed by atoms with Crippen molar-refractivity contribution in [3.8, 4) is 0 Å². The predicted molar refractivity (Wildman–Crippen MR) is 66.4 cm³/mol. The summed E-state index contributed by atoms with van der Waals surface area (Å²) in [5.41, 5.74) is 8.65. The van der Waals surface area contributed by atoms with Gasteiger partial charge in [-0.05, 0) is 29.8 Å². The van der Waals surface area contributed by atoms with E-state index < -0.39 is 0 Å². The summed E-state index contributed by atoms with van der Waals surface area (Å²) in [6.45, 7) is 4.75. The second-order valence-corrected chi connectivity index (χ2v) is 4.47. The number of hydrazone groups is 1. The van der Waals surface area contributed by atoms with Gasteiger partial charge in [-0.1, -0.05) is 6.92 Å². The van der Waals surface area contributed by atoms with Crippen LogP contribution in [0.5, 0.6) is 0 Å². The molecule has 1 aromatic rings. The van der Waals surface area contributed by atoms with Crippen LogP contribution in [0.3, 0.4) is 0 Å². The van der Waals surface area contributed by atoms with E-state index in [9.17, 15) is 10.4 Å². The summed E-state index contributed by atoms with van der Waals surface area (Å²) in [5.74, 6) is -0.157. The molecule has 7 nitrogen and oxygen atoms in total. The molecule has 0 aromatic heterocycles. The lowest BCUT2D eigenvalue weighted by atomic mass is 10.1. The van der Waals surface area contributed by atoms with Crippen LogP contribution in [0.25, 0.3) is 0 Å². The molecule has 3 rings (SSSR count). The van der Waals surface area contributed by atoms with Gasteiger partial charge in [0.25, 0.3) is 0 Å². The zero-order valence-corrected chi connectivity index (χ0v) is 10.0. The van der Waals surface area contributed by atoms with Crippen molar-refractivity contribution in [1.82, 2.24) is 4.90 Å². The van der Waals surface area contributed by atoms with Crippen LogP contribution in [0.1, 0.15) is 18.1 Å². The third-order valence-electron chi connectivity index (χ3n) is 3.39. The van der Waals surface area contributed by atoms with Gasteiger partial charge in [0.15, 0.2) is 0 Å². The molecule has 0 saturated heterocycles. The molecule has 0 spiro atoms. The summed E-state index contributed by atoms with van der Waals surface area (Å²) >= 11 is 0. The van der Waals surface area contributed by atoms with E-state index in [1.165, 1.54) is 0 Å². The van der Waals surface area contributed by atoms with E-state index >= 15 is 0 Å². The fraction of sp³-hybridized carbons (Fsp3) is 0.364. The lowest BCUT2D eigenvalue weighted by molar-refractivity contribution is 0.245. The van der Waals surface area contributed by atoms with Gasteiger partial charge in [0, 0.05) is 13.1 Å². The minimum Gasteiger partial charge on any atom is -0.366 e. The summed E-state index contributed by atoms with van der Waals surface area (Å²) in [6, 6.07) is 3.67. The zero-order chi connectivity index (χ0) is 12.9. The van der Waals surface area contributed by atoms with Crippen molar-refractivity contribution in [1.29, 1.82) is 0 Å². The van der Waals surface area contributed by atoms with Gasteiger partial charge >= 0.3 is 0 Å². The molecular formula is C11H15N5O2. The second kappa shape index (κ2) is 3.84. The average molecular weight is 249 g/mol. The van der Waals surface area contributed by atoms with E-state index in [0.717, 1.165) is 35.8 Å². The Labute approximate surface area is 104 Å². The fourth-order valence-corrected chi connectivity index (χ4v) is 2.37. The van der Waals surface area contributed by atoms with Gasteiger partial charge < -0.3 is 5.73 Å². The van der Waals surface area contributed by atoms with Crippen LogP contribution in [-0.2, 0) is 13.1 Å². The molecular weight excluding hydrogens is 234 g/mol. The molecule has 0 saturated carbocycles. The highest BCUT2D eigenvalue weighted by Gasteiger charge is 2.27. The van der Waals surface area contributed by atoms with Gasteiger partial charge in [-0.3, -0.25) is 15.3 Å². The Bertz CT molecular complexity index is 530. The van der Waals surface area contributed by atoms with E-state index in [1.54, 1.807) is 0 Å². The highest BCUT2D eigenvalue weighted by molar-refractivity contribution is 5.99. The van der Waals surface area contributed by atoms with Crippen molar-refractivity contribution >= 4 is 17.3 Å². The molecule has 7 heteroatoms. The van der Waals surface area contributed by atoms with Crippen LogP contribution in [-0.4, -0.2) is 27.8 Å². The first-order valence-electron chi connectivity index (χ1n) is 5.80. The zero-order valence-electron chi connectivity index (χ0n) is 10.0. The molecule has 0 amide bonds. The molecule has 0 bridgehead atoms. The highest BCUT2D eigenvalue weighted by Crippen LogP contribution is 2.37. The normalized spacial score (nSPS) is 18.7. The molecule has 1 aromatic carbocycles. The van der Waals surface area contributed by atoms with Gasteiger partial charge in [-0.2, -0.15) is 5.06 Å². The van der Waals surface area contributed by atoms with Crippen molar-refractivity contribution in [2.45, 2.75) is 20.0 Å². The topological polar surface area (TPSA) is 88.6 Å². The maximum absolute atomic E-state index is 9.83. The molecule has 0 unspecified atom stereocenters. The Morgan fingerprint density at radius 2 is 1.83 bits per heavy atom. The number of nitrogens with zero attached hydrogens (tertiary/aromatic N) is 4. The van der Waals surface area contributed by atoms with E-state index in [1.807, 2.05) is 12.1 Å². The highest BCUT2D eigenvalue weighted by atomic mass is 16.5. The number of rotatable bonds is 1. The quantitative estimate of drug-likeness (QED) is 0.677. The minimum absolute atomic E-state index is 0.157. The first-order chi connectivity index (χ1) is 8.60. The molecule has 4 N–H and O–H groups in total. The summed E-state index contributed by atoms with van der Waals surface area (Å²) in [7, 11) is 0. The van der Waals surface area contributed by atoms with Gasteiger partial charge in [0.2, 0.25) is 5.96 Å². The smallest absolute Gasteiger partial charge is 0.245 e.